The Balaban J connectivity index is 1.23. The maximum absolute atomic E-state index is 12.4. The first kappa shape index (κ1) is 18.9. The van der Waals surface area contributed by atoms with Crippen molar-refractivity contribution >= 4 is 11.7 Å². The molecule has 3 aromatic rings. The van der Waals surface area contributed by atoms with Crippen LogP contribution in [0.25, 0.3) is 5.82 Å². The van der Waals surface area contributed by atoms with E-state index in [0.717, 1.165) is 43.3 Å². The summed E-state index contributed by atoms with van der Waals surface area (Å²) in [6.07, 6.45) is 8.45. The summed E-state index contributed by atoms with van der Waals surface area (Å²) in [5.41, 5.74) is 0. The van der Waals surface area contributed by atoms with Crippen LogP contribution in [-0.4, -0.2) is 51.7 Å². The fourth-order valence-electron chi connectivity index (χ4n) is 3.42. The summed E-state index contributed by atoms with van der Waals surface area (Å²) < 4.78 is 7.47. The molecule has 1 aliphatic rings. The number of para-hydroxylation sites is 1. The first-order valence-electron chi connectivity index (χ1n) is 9.80. The Morgan fingerprint density at radius 2 is 1.93 bits per heavy atom. The minimum Gasteiger partial charge on any atom is -0.492 e. The largest absolute Gasteiger partial charge is 0.492 e. The minimum atomic E-state index is 0.0259. The van der Waals surface area contributed by atoms with Crippen LogP contribution in [0.5, 0.6) is 5.75 Å². The summed E-state index contributed by atoms with van der Waals surface area (Å²) in [5, 5.41) is 2.99. The van der Waals surface area contributed by atoms with Crippen LogP contribution >= 0.6 is 0 Å². The number of ether oxygens (including phenoxy) is 1. The molecule has 1 aromatic carbocycles. The van der Waals surface area contributed by atoms with Gasteiger partial charge in [-0.2, -0.15) is 0 Å². The number of carbonyl (C=O) groups excluding carboxylic acids is 1. The lowest BCUT2D eigenvalue weighted by Crippen LogP contribution is -2.41. The monoisotopic (exact) mass is 392 g/mol. The van der Waals surface area contributed by atoms with Gasteiger partial charge >= 0.3 is 0 Å². The van der Waals surface area contributed by atoms with Crippen molar-refractivity contribution in [1.82, 2.24) is 24.8 Å². The van der Waals surface area contributed by atoms with Gasteiger partial charge in [-0.1, -0.05) is 18.2 Å². The molecule has 1 aliphatic heterocycles. The summed E-state index contributed by atoms with van der Waals surface area (Å²) >= 11 is 0. The molecule has 3 heterocycles. The van der Waals surface area contributed by atoms with Crippen LogP contribution in [-0.2, 0) is 4.79 Å². The molecule has 1 fully saturated rings. The van der Waals surface area contributed by atoms with E-state index in [4.69, 9.17) is 4.74 Å². The zero-order valence-corrected chi connectivity index (χ0v) is 16.1. The zero-order valence-electron chi connectivity index (χ0n) is 16.1. The van der Waals surface area contributed by atoms with Crippen LogP contribution in [0.4, 0.5) is 5.82 Å². The highest BCUT2D eigenvalue weighted by atomic mass is 16.5. The Labute approximate surface area is 169 Å². The molecule has 150 valence electrons. The van der Waals surface area contributed by atoms with Gasteiger partial charge in [0.25, 0.3) is 0 Å². The van der Waals surface area contributed by atoms with Crippen molar-refractivity contribution in [3.05, 3.63) is 61.4 Å². The summed E-state index contributed by atoms with van der Waals surface area (Å²) in [5.74, 6) is 2.60. The van der Waals surface area contributed by atoms with Crippen LogP contribution in [0.2, 0.25) is 0 Å². The number of nitrogens with zero attached hydrogens (tertiary/aromatic N) is 5. The topological polar surface area (TPSA) is 85.2 Å². The Hall–Kier alpha value is -3.42. The van der Waals surface area contributed by atoms with Crippen molar-refractivity contribution in [2.75, 3.05) is 31.1 Å². The lowest BCUT2D eigenvalue weighted by atomic mass is 9.96. The fraction of sp³-hybridized carbons (Fsp3) is 0.333. The van der Waals surface area contributed by atoms with Crippen molar-refractivity contribution < 1.29 is 9.53 Å². The van der Waals surface area contributed by atoms with Crippen LogP contribution in [0.15, 0.2) is 61.4 Å². The number of carbonyl (C=O) groups is 1. The van der Waals surface area contributed by atoms with Gasteiger partial charge in [-0.05, 0) is 25.0 Å². The Morgan fingerprint density at radius 1 is 1.14 bits per heavy atom. The molecular formula is C21H24N6O2. The summed E-state index contributed by atoms with van der Waals surface area (Å²) in [7, 11) is 0. The minimum absolute atomic E-state index is 0.0259. The molecule has 1 N–H and O–H groups in total. The second kappa shape index (κ2) is 9.18. The van der Waals surface area contributed by atoms with Crippen molar-refractivity contribution in [3.8, 4) is 11.6 Å². The van der Waals surface area contributed by atoms with E-state index < -0.39 is 0 Å². The number of imidazole rings is 1. The summed E-state index contributed by atoms with van der Waals surface area (Å²) in [6, 6.07) is 11.6. The van der Waals surface area contributed by atoms with Gasteiger partial charge in [0.1, 0.15) is 36.6 Å². The Bertz CT molecular complexity index is 908. The third-order valence-corrected chi connectivity index (χ3v) is 5.01. The molecular weight excluding hydrogens is 368 g/mol. The van der Waals surface area contributed by atoms with Gasteiger partial charge in [0.05, 0.1) is 6.54 Å². The highest BCUT2D eigenvalue weighted by Crippen LogP contribution is 2.22. The second-order valence-corrected chi connectivity index (χ2v) is 6.92. The third kappa shape index (κ3) is 4.90. The smallest absolute Gasteiger partial charge is 0.223 e. The third-order valence-electron chi connectivity index (χ3n) is 5.01. The number of piperidine rings is 1. The first-order valence-corrected chi connectivity index (χ1v) is 9.80. The number of anilines is 1. The SMILES string of the molecule is O=C(NCCOc1ccccc1)C1CCN(c2cc(-n3ccnc3)ncn2)CC1. The van der Waals surface area contributed by atoms with Crippen molar-refractivity contribution in [2.24, 2.45) is 5.92 Å². The standard InChI is InChI=1S/C21H24N6O2/c28-21(23-9-13-29-18-4-2-1-3-5-18)17-6-10-26(11-7-17)19-14-20(25-15-24-19)27-12-8-22-16-27/h1-5,8,12,14-17H,6-7,9-11,13H2,(H,23,28). The Kier molecular flexibility index (Phi) is 5.99. The van der Waals surface area contributed by atoms with Crippen molar-refractivity contribution in [1.29, 1.82) is 0 Å². The normalized spacial score (nSPS) is 14.6. The van der Waals surface area contributed by atoms with E-state index in [9.17, 15) is 4.79 Å². The maximum atomic E-state index is 12.4. The highest BCUT2D eigenvalue weighted by Gasteiger charge is 2.25. The molecule has 0 radical (unpaired) electrons. The quantitative estimate of drug-likeness (QED) is 0.620. The van der Waals surface area contributed by atoms with Gasteiger partial charge in [0, 0.05) is 37.5 Å². The van der Waals surface area contributed by atoms with Crippen molar-refractivity contribution in [3.63, 3.8) is 0 Å². The van der Waals surface area contributed by atoms with E-state index in [1.807, 2.05) is 47.2 Å². The number of aromatic nitrogens is 4. The number of hydrogen-bond acceptors (Lipinski definition) is 6. The molecule has 0 atom stereocenters. The number of benzene rings is 1. The van der Waals surface area contributed by atoms with Crippen LogP contribution in [0.3, 0.4) is 0 Å². The lowest BCUT2D eigenvalue weighted by Gasteiger charge is -2.32. The van der Waals surface area contributed by atoms with E-state index in [0.29, 0.717) is 13.2 Å². The maximum Gasteiger partial charge on any atom is 0.223 e. The summed E-state index contributed by atoms with van der Waals surface area (Å²) in [4.78, 5) is 27.4. The van der Waals surface area contributed by atoms with E-state index in [-0.39, 0.29) is 11.8 Å². The van der Waals surface area contributed by atoms with E-state index in [2.05, 4.69) is 25.2 Å². The lowest BCUT2D eigenvalue weighted by molar-refractivity contribution is -0.125. The molecule has 0 saturated carbocycles. The molecule has 2 aromatic heterocycles. The molecule has 4 rings (SSSR count). The molecule has 0 unspecified atom stereocenters. The van der Waals surface area contributed by atoms with Gasteiger partial charge in [-0.15, -0.1) is 0 Å². The number of hydrogen-bond donors (Lipinski definition) is 1. The number of rotatable bonds is 7. The Morgan fingerprint density at radius 3 is 2.69 bits per heavy atom. The molecule has 0 bridgehead atoms. The highest BCUT2D eigenvalue weighted by molar-refractivity contribution is 5.79. The molecule has 1 saturated heterocycles. The predicted octanol–water partition coefficient (Wildman–Crippen LogP) is 2.07. The van der Waals surface area contributed by atoms with Crippen molar-refractivity contribution in [2.45, 2.75) is 12.8 Å². The first-order chi connectivity index (χ1) is 14.3. The molecule has 0 aliphatic carbocycles. The predicted molar refractivity (Wildman–Crippen MR) is 109 cm³/mol. The van der Waals surface area contributed by atoms with Gasteiger partial charge in [0.15, 0.2) is 0 Å². The van der Waals surface area contributed by atoms with Gasteiger partial charge in [-0.25, -0.2) is 15.0 Å². The fourth-order valence-corrected chi connectivity index (χ4v) is 3.42. The van der Waals surface area contributed by atoms with Gasteiger partial charge in [-0.3, -0.25) is 9.36 Å². The van der Waals surface area contributed by atoms with Crippen LogP contribution < -0.4 is 15.0 Å². The summed E-state index contributed by atoms with van der Waals surface area (Å²) in [6.45, 7) is 2.55. The number of amides is 1. The average Bonchev–Trinajstić information content (AvgIpc) is 3.33. The molecule has 8 heteroatoms. The molecule has 29 heavy (non-hydrogen) atoms. The van der Waals surface area contributed by atoms with Gasteiger partial charge < -0.3 is 15.0 Å². The van der Waals surface area contributed by atoms with Gasteiger partial charge in [0.2, 0.25) is 5.91 Å². The second-order valence-electron chi connectivity index (χ2n) is 6.92. The van der Waals surface area contributed by atoms with Crippen LogP contribution in [0, 0.1) is 5.92 Å². The van der Waals surface area contributed by atoms with Crippen LogP contribution in [0.1, 0.15) is 12.8 Å². The molecule has 8 nitrogen and oxygen atoms in total. The van der Waals surface area contributed by atoms with E-state index in [1.165, 1.54) is 0 Å². The zero-order chi connectivity index (χ0) is 19.9. The molecule has 1 amide bonds. The average molecular weight is 392 g/mol. The van der Waals surface area contributed by atoms with E-state index in [1.54, 1.807) is 18.9 Å². The molecule has 0 spiro atoms. The van der Waals surface area contributed by atoms with E-state index >= 15 is 0 Å². The number of nitrogens with one attached hydrogen (secondary N) is 1.